The summed E-state index contributed by atoms with van der Waals surface area (Å²) in [6, 6.07) is 5.38. The van der Waals surface area contributed by atoms with E-state index in [9.17, 15) is 9.59 Å². The summed E-state index contributed by atoms with van der Waals surface area (Å²) in [6.07, 6.45) is 2.66. The molecule has 1 heterocycles. The molecule has 3 rings (SSSR count). The summed E-state index contributed by atoms with van der Waals surface area (Å²) in [7, 11) is 1.55. The van der Waals surface area contributed by atoms with Crippen molar-refractivity contribution in [1.82, 2.24) is 4.98 Å². The number of rotatable bonds is 2. The number of hydrogen-bond acceptors (Lipinski definition) is 3. The molecule has 0 saturated heterocycles. The van der Waals surface area contributed by atoms with Crippen molar-refractivity contribution in [3.05, 3.63) is 46.1 Å². The van der Waals surface area contributed by atoms with Crippen LogP contribution in [0.3, 0.4) is 0 Å². The zero-order valence-electron chi connectivity index (χ0n) is 10.9. The lowest BCUT2D eigenvalue weighted by molar-refractivity contribution is -0.113. The third-order valence-corrected chi connectivity index (χ3v) is 3.95. The monoisotopic (exact) mass is 321 g/mol. The summed E-state index contributed by atoms with van der Waals surface area (Å²) in [6.45, 7) is 0. The van der Waals surface area contributed by atoms with E-state index in [2.05, 4.69) is 4.98 Å². The van der Waals surface area contributed by atoms with E-state index < -0.39 is 11.6 Å². The summed E-state index contributed by atoms with van der Waals surface area (Å²) >= 11 is 11.8. The summed E-state index contributed by atoms with van der Waals surface area (Å²) in [5.74, 6) is -0.310. The fraction of sp³-hybridized carbons (Fsp3) is 0.0667. The number of ether oxygens (including phenoxy) is 1. The molecule has 1 aliphatic rings. The van der Waals surface area contributed by atoms with Crippen LogP contribution in [-0.4, -0.2) is 23.7 Å². The molecule has 0 amide bonds. The van der Waals surface area contributed by atoms with Gasteiger partial charge >= 0.3 is 0 Å². The van der Waals surface area contributed by atoms with Gasteiger partial charge in [-0.15, -0.1) is 0 Å². The maximum atomic E-state index is 12.2. The second-order valence-electron chi connectivity index (χ2n) is 4.49. The summed E-state index contributed by atoms with van der Waals surface area (Å²) < 4.78 is 5.18. The highest BCUT2D eigenvalue weighted by Crippen LogP contribution is 2.36. The van der Waals surface area contributed by atoms with Crippen molar-refractivity contribution in [1.29, 1.82) is 0 Å². The predicted octanol–water partition coefficient (Wildman–Crippen LogP) is 3.40. The molecular weight excluding hydrogens is 313 g/mol. The molecule has 4 nitrogen and oxygen atoms in total. The summed E-state index contributed by atoms with van der Waals surface area (Å²) in [5.41, 5.74) is 1.43. The second-order valence-corrected chi connectivity index (χ2v) is 5.27. The van der Waals surface area contributed by atoms with Crippen LogP contribution < -0.4 is 4.74 Å². The van der Waals surface area contributed by atoms with Crippen LogP contribution in [0, 0.1) is 0 Å². The van der Waals surface area contributed by atoms with Gasteiger partial charge in [0.05, 0.1) is 22.7 Å². The first-order chi connectivity index (χ1) is 10.0. The van der Waals surface area contributed by atoms with E-state index in [4.69, 9.17) is 27.9 Å². The second kappa shape index (κ2) is 5.06. The number of ketones is 2. The van der Waals surface area contributed by atoms with Crippen molar-refractivity contribution in [2.24, 2.45) is 0 Å². The number of aromatic nitrogens is 1. The van der Waals surface area contributed by atoms with Gasteiger partial charge in [-0.2, -0.15) is 0 Å². The summed E-state index contributed by atoms with van der Waals surface area (Å²) in [4.78, 5) is 27.0. The Morgan fingerprint density at radius 3 is 2.67 bits per heavy atom. The van der Waals surface area contributed by atoms with Crippen molar-refractivity contribution in [3.63, 3.8) is 0 Å². The van der Waals surface area contributed by atoms with E-state index in [1.807, 2.05) is 6.07 Å². The number of halogens is 2. The third-order valence-electron chi connectivity index (χ3n) is 3.30. The number of aromatic amines is 1. The number of nitrogens with one attached hydrogen (secondary N) is 1. The Balaban J connectivity index is 2.27. The topological polar surface area (TPSA) is 59.2 Å². The SMILES string of the molecule is COc1ccc2[nH]cc(C3=C(Cl)C(=O)C=C(Cl)C3=O)c2c1. The van der Waals surface area contributed by atoms with Crippen molar-refractivity contribution < 1.29 is 14.3 Å². The highest BCUT2D eigenvalue weighted by Gasteiger charge is 2.29. The molecular formula is C15H9Cl2NO3. The predicted molar refractivity (Wildman–Crippen MR) is 81.6 cm³/mol. The number of benzene rings is 1. The van der Waals surface area contributed by atoms with E-state index in [0.29, 0.717) is 11.3 Å². The number of carbonyl (C=O) groups excluding carboxylic acids is 2. The molecule has 1 aliphatic carbocycles. The standard InChI is InChI=1S/C15H9Cl2NO3/c1-21-7-2-3-11-8(4-7)9(6-18-11)13-14(17)12(19)5-10(16)15(13)20/h2-6,18H,1H3. The number of Topliss-reactive ketones (excluding diaryl/α,β-unsaturated/α-hetero) is 1. The zero-order chi connectivity index (χ0) is 15.1. The van der Waals surface area contributed by atoms with E-state index in [-0.39, 0.29) is 15.6 Å². The molecule has 0 unspecified atom stereocenters. The minimum atomic E-state index is -0.478. The fourth-order valence-electron chi connectivity index (χ4n) is 2.26. The number of H-pyrrole nitrogens is 1. The molecule has 0 aliphatic heterocycles. The first-order valence-corrected chi connectivity index (χ1v) is 6.80. The first-order valence-electron chi connectivity index (χ1n) is 6.04. The highest BCUT2D eigenvalue weighted by atomic mass is 35.5. The molecule has 106 valence electrons. The van der Waals surface area contributed by atoms with Gasteiger partial charge in [-0.25, -0.2) is 0 Å². The normalized spacial score (nSPS) is 15.7. The van der Waals surface area contributed by atoms with E-state index in [1.54, 1.807) is 25.4 Å². The molecule has 0 fully saturated rings. The van der Waals surface area contributed by atoms with E-state index >= 15 is 0 Å². The Morgan fingerprint density at radius 1 is 1.19 bits per heavy atom. The number of carbonyl (C=O) groups is 2. The van der Waals surface area contributed by atoms with Gasteiger partial charge in [0, 0.05) is 28.7 Å². The number of methoxy groups -OCH3 is 1. The Bertz CT molecular complexity index is 846. The molecule has 0 bridgehead atoms. The van der Waals surface area contributed by atoms with Crippen LogP contribution in [0.5, 0.6) is 5.75 Å². The molecule has 0 spiro atoms. The lowest BCUT2D eigenvalue weighted by Gasteiger charge is -2.12. The zero-order valence-corrected chi connectivity index (χ0v) is 12.4. The van der Waals surface area contributed by atoms with Crippen LogP contribution >= 0.6 is 23.2 Å². The van der Waals surface area contributed by atoms with Gasteiger partial charge in [0.1, 0.15) is 5.75 Å². The van der Waals surface area contributed by atoms with Crippen LogP contribution in [-0.2, 0) is 9.59 Å². The van der Waals surface area contributed by atoms with Gasteiger partial charge < -0.3 is 9.72 Å². The minimum absolute atomic E-state index is 0.105. The van der Waals surface area contributed by atoms with Gasteiger partial charge in [0.25, 0.3) is 0 Å². The van der Waals surface area contributed by atoms with Crippen molar-refractivity contribution in [3.8, 4) is 5.75 Å². The van der Waals surface area contributed by atoms with Crippen LogP contribution in [0.4, 0.5) is 0 Å². The van der Waals surface area contributed by atoms with Crippen molar-refractivity contribution >= 4 is 51.2 Å². The van der Waals surface area contributed by atoms with Crippen LogP contribution in [0.2, 0.25) is 0 Å². The summed E-state index contributed by atoms with van der Waals surface area (Å²) in [5, 5.41) is 0.458. The van der Waals surface area contributed by atoms with Crippen LogP contribution in [0.1, 0.15) is 5.56 Å². The molecule has 0 atom stereocenters. The van der Waals surface area contributed by atoms with Gasteiger partial charge in [-0.1, -0.05) is 23.2 Å². The quantitative estimate of drug-likeness (QED) is 0.862. The van der Waals surface area contributed by atoms with Crippen LogP contribution in [0.15, 0.2) is 40.5 Å². The molecule has 6 heteroatoms. The van der Waals surface area contributed by atoms with E-state index in [1.165, 1.54) is 0 Å². The molecule has 0 saturated carbocycles. The Labute approximate surface area is 130 Å². The van der Waals surface area contributed by atoms with Gasteiger partial charge in [-0.05, 0) is 18.2 Å². The van der Waals surface area contributed by atoms with Crippen LogP contribution in [0.25, 0.3) is 16.5 Å². The molecule has 2 aromatic rings. The number of hydrogen-bond donors (Lipinski definition) is 1. The average molecular weight is 322 g/mol. The van der Waals surface area contributed by atoms with E-state index in [0.717, 1.165) is 17.0 Å². The molecule has 0 radical (unpaired) electrons. The number of fused-ring (bicyclic) bond motifs is 1. The Kier molecular flexibility index (Phi) is 3.35. The lowest BCUT2D eigenvalue weighted by Crippen LogP contribution is -2.13. The molecule has 1 aromatic carbocycles. The molecule has 1 N–H and O–H groups in total. The third kappa shape index (κ3) is 2.17. The van der Waals surface area contributed by atoms with Crippen molar-refractivity contribution in [2.45, 2.75) is 0 Å². The maximum absolute atomic E-state index is 12.2. The highest BCUT2D eigenvalue weighted by molar-refractivity contribution is 6.62. The smallest absolute Gasteiger partial charge is 0.206 e. The van der Waals surface area contributed by atoms with Gasteiger partial charge in [0.15, 0.2) is 5.78 Å². The molecule has 21 heavy (non-hydrogen) atoms. The maximum Gasteiger partial charge on any atom is 0.206 e. The van der Waals surface area contributed by atoms with Gasteiger partial charge in [0.2, 0.25) is 5.78 Å². The largest absolute Gasteiger partial charge is 0.497 e. The lowest BCUT2D eigenvalue weighted by atomic mass is 9.95. The number of allylic oxidation sites excluding steroid dienone is 4. The average Bonchev–Trinajstić information content (AvgIpc) is 2.88. The fourth-order valence-corrected chi connectivity index (χ4v) is 2.70. The Morgan fingerprint density at radius 2 is 1.95 bits per heavy atom. The van der Waals surface area contributed by atoms with Gasteiger partial charge in [-0.3, -0.25) is 9.59 Å². The van der Waals surface area contributed by atoms with Crippen molar-refractivity contribution in [2.75, 3.05) is 7.11 Å². The minimum Gasteiger partial charge on any atom is -0.497 e. The molecule has 1 aromatic heterocycles. The first kappa shape index (κ1) is 13.9. The Hall–Kier alpha value is -2.04.